The molecule has 1 aliphatic rings. The molecule has 0 heterocycles. The molecule has 1 aliphatic carbocycles. The van der Waals surface area contributed by atoms with Gasteiger partial charge in [-0.15, -0.1) is 0 Å². The van der Waals surface area contributed by atoms with E-state index in [2.05, 4.69) is 24.4 Å². The molecule has 2 rings (SSSR count). The zero-order valence-corrected chi connectivity index (χ0v) is 11.3. The SMILES string of the molecule is COCCOc1cccc(NC(C)CC2CC2)c1. The van der Waals surface area contributed by atoms with Gasteiger partial charge in [-0.2, -0.15) is 0 Å². The minimum absolute atomic E-state index is 0.534. The summed E-state index contributed by atoms with van der Waals surface area (Å²) in [5.41, 5.74) is 1.14. The van der Waals surface area contributed by atoms with Crippen LogP contribution in [-0.2, 0) is 4.74 Å². The summed E-state index contributed by atoms with van der Waals surface area (Å²) in [6.07, 6.45) is 4.09. The van der Waals surface area contributed by atoms with E-state index in [1.165, 1.54) is 19.3 Å². The standard InChI is InChI=1S/C15H23NO2/c1-12(10-13-6-7-13)16-14-4-3-5-15(11-14)18-9-8-17-2/h3-5,11-13,16H,6-10H2,1-2H3. The third-order valence-corrected chi connectivity index (χ3v) is 3.19. The molecule has 1 aromatic rings. The molecule has 1 saturated carbocycles. The van der Waals surface area contributed by atoms with Crippen molar-refractivity contribution in [1.29, 1.82) is 0 Å². The van der Waals surface area contributed by atoms with Crippen LogP contribution in [0.15, 0.2) is 24.3 Å². The monoisotopic (exact) mass is 249 g/mol. The number of methoxy groups -OCH3 is 1. The first-order valence-electron chi connectivity index (χ1n) is 6.76. The minimum atomic E-state index is 0.534. The van der Waals surface area contributed by atoms with Crippen molar-refractivity contribution < 1.29 is 9.47 Å². The Morgan fingerprint density at radius 1 is 1.33 bits per heavy atom. The van der Waals surface area contributed by atoms with Crippen LogP contribution in [0.4, 0.5) is 5.69 Å². The lowest BCUT2D eigenvalue weighted by Crippen LogP contribution is -2.15. The summed E-state index contributed by atoms with van der Waals surface area (Å²) in [6.45, 7) is 3.46. The second kappa shape index (κ2) is 6.64. The van der Waals surface area contributed by atoms with Crippen molar-refractivity contribution >= 4 is 5.69 Å². The molecule has 0 amide bonds. The van der Waals surface area contributed by atoms with E-state index in [-0.39, 0.29) is 0 Å². The number of hydrogen-bond donors (Lipinski definition) is 1. The van der Waals surface area contributed by atoms with Gasteiger partial charge in [-0.25, -0.2) is 0 Å². The summed E-state index contributed by atoms with van der Waals surface area (Å²) in [5, 5.41) is 3.53. The van der Waals surface area contributed by atoms with Gasteiger partial charge < -0.3 is 14.8 Å². The Bertz CT molecular complexity index is 363. The van der Waals surface area contributed by atoms with Crippen molar-refractivity contribution in [3.05, 3.63) is 24.3 Å². The molecular weight excluding hydrogens is 226 g/mol. The van der Waals surface area contributed by atoms with Crippen molar-refractivity contribution in [3.8, 4) is 5.75 Å². The van der Waals surface area contributed by atoms with E-state index in [0.717, 1.165) is 17.4 Å². The summed E-state index contributed by atoms with van der Waals surface area (Å²) in [7, 11) is 1.68. The lowest BCUT2D eigenvalue weighted by Gasteiger charge is -2.15. The van der Waals surface area contributed by atoms with Gasteiger partial charge >= 0.3 is 0 Å². The number of benzene rings is 1. The Morgan fingerprint density at radius 2 is 2.17 bits per heavy atom. The van der Waals surface area contributed by atoms with Crippen molar-refractivity contribution in [1.82, 2.24) is 0 Å². The van der Waals surface area contributed by atoms with Gasteiger partial charge in [0.1, 0.15) is 12.4 Å². The summed E-state index contributed by atoms with van der Waals surface area (Å²) >= 11 is 0. The van der Waals surface area contributed by atoms with Gasteiger partial charge in [-0.1, -0.05) is 18.9 Å². The van der Waals surface area contributed by atoms with Crippen LogP contribution in [0.25, 0.3) is 0 Å². The smallest absolute Gasteiger partial charge is 0.121 e. The van der Waals surface area contributed by atoms with E-state index in [9.17, 15) is 0 Å². The Labute approximate surface area is 109 Å². The van der Waals surface area contributed by atoms with Gasteiger partial charge in [-0.3, -0.25) is 0 Å². The normalized spacial score (nSPS) is 16.3. The molecule has 1 unspecified atom stereocenters. The maximum absolute atomic E-state index is 5.60. The molecule has 100 valence electrons. The van der Waals surface area contributed by atoms with Crippen LogP contribution in [-0.4, -0.2) is 26.4 Å². The van der Waals surface area contributed by atoms with Crippen LogP contribution < -0.4 is 10.1 Å². The molecule has 3 heteroatoms. The summed E-state index contributed by atoms with van der Waals surface area (Å²) in [6, 6.07) is 8.68. The fourth-order valence-corrected chi connectivity index (χ4v) is 2.12. The van der Waals surface area contributed by atoms with E-state index < -0.39 is 0 Å². The zero-order valence-electron chi connectivity index (χ0n) is 11.3. The zero-order chi connectivity index (χ0) is 12.8. The molecule has 0 spiro atoms. The van der Waals surface area contributed by atoms with Gasteiger partial charge in [0, 0.05) is 24.9 Å². The molecule has 1 fully saturated rings. The fraction of sp³-hybridized carbons (Fsp3) is 0.600. The van der Waals surface area contributed by atoms with Crippen molar-refractivity contribution in [2.24, 2.45) is 5.92 Å². The van der Waals surface area contributed by atoms with Crippen LogP contribution in [0.3, 0.4) is 0 Å². The Balaban J connectivity index is 1.81. The third kappa shape index (κ3) is 4.57. The Hall–Kier alpha value is -1.22. The summed E-state index contributed by atoms with van der Waals surface area (Å²) in [4.78, 5) is 0. The fourth-order valence-electron chi connectivity index (χ4n) is 2.12. The first-order valence-corrected chi connectivity index (χ1v) is 6.76. The quantitative estimate of drug-likeness (QED) is 0.717. The molecule has 18 heavy (non-hydrogen) atoms. The van der Waals surface area contributed by atoms with E-state index in [1.807, 2.05) is 12.1 Å². The summed E-state index contributed by atoms with van der Waals surface area (Å²) in [5.74, 6) is 1.85. The number of anilines is 1. The molecule has 0 radical (unpaired) electrons. The highest BCUT2D eigenvalue weighted by Crippen LogP contribution is 2.34. The predicted molar refractivity (Wildman–Crippen MR) is 74.2 cm³/mol. The first kappa shape index (κ1) is 13.2. The number of nitrogens with one attached hydrogen (secondary N) is 1. The predicted octanol–water partition coefficient (Wildman–Crippen LogP) is 3.31. The largest absolute Gasteiger partial charge is 0.491 e. The summed E-state index contributed by atoms with van der Waals surface area (Å²) < 4.78 is 10.6. The van der Waals surface area contributed by atoms with E-state index in [4.69, 9.17) is 9.47 Å². The highest BCUT2D eigenvalue weighted by molar-refractivity contribution is 5.48. The van der Waals surface area contributed by atoms with E-state index in [1.54, 1.807) is 7.11 Å². The van der Waals surface area contributed by atoms with Crippen LogP contribution in [0.1, 0.15) is 26.2 Å². The van der Waals surface area contributed by atoms with Gasteiger partial charge in [0.25, 0.3) is 0 Å². The second-order valence-electron chi connectivity index (χ2n) is 5.09. The maximum atomic E-state index is 5.60. The van der Waals surface area contributed by atoms with Gasteiger partial charge in [-0.05, 0) is 31.4 Å². The number of ether oxygens (including phenoxy) is 2. The Morgan fingerprint density at radius 3 is 2.89 bits per heavy atom. The van der Waals surface area contributed by atoms with Gasteiger partial charge in [0.2, 0.25) is 0 Å². The molecule has 0 bridgehead atoms. The van der Waals surface area contributed by atoms with Crippen LogP contribution in [0.5, 0.6) is 5.75 Å². The van der Waals surface area contributed by atoms with Crippen LogP contribution >= 0.6 is 0 Å². The average Bonchev–Trinajstić information content (AvgIpc) is 3.13. The topological polar surface area (TPSA) is 30.5 Å². The lowest BCUT2D eigenvalue weighted by atomic mass is 10.1. The number of rotatable bonds is 8. The second-order valence-corrected chi connectivity index (χ2v) is 5.09. The van der Waals surface area contributed by atoms with Crippen molar-refractivity contribution in [2.45, 2.75) is 32.2 Å². The third-order valence-electron chi connectivity index (χ3n) is 3.19. The van der Waals surface area contributed by atoms with E-state index >= 15 is 0 Å². The molecule has 0 aromatic heterocycles. The average molecular weight is 249 g/mol. The first-order chi connectivity index (χ1) is 8.78. The van der Waals surface area contributed by atoms with Crippen molar-refractivity contribution in [2.75, 3.05) is 25.6 Å². The number of hydrogen-bond acceptors (Lipinski definition) is 3. The molecule has 3 nitrogen and oxygen atoms in total. The van der Waals surface area contributed by atoms with Gasteiger partial charge in [0.05, 0.1) is 6.61 Å². The molecule has 0 aliphatic heterocycles. The van der Waals surface area contributed by atoms with Crippen molar-refractivity contribution in [3.63, 3.8) is 0 Å². The van der Waals surface area contributed by atoms with Gasteiger partial charge in [0.15, 0.2) is 0 Å². The molecule has 1 N–H and O–H groups in total. The highest BCUT2D eigenvalue weighted by Gasteiger charge is 2.23. The molecule has 0 saturated heterocycles. The van der Waals surface area contributed by atoms with Crippen LogP contribution in [0, 0.1) is 5.92 Å². The van der Waals surface area contributed by atoms with E-state index in [0.29, 0.717) is 19.3 Å². The maximum Gasteiger partial charge on any atom is 0.121 e. The minimum Gasteiger partial charge on any atom is -0.491 e. The van der Waals surface area contributed by atoms with Crippen LogP contribution in [0.2, 0.25) is 0 Å². The molecule has 1 atom stereocenters. The molecular formula is C15H23NO2. The highest BCUT2D eigenvalue weighted by atomic mass is 16.5. The lowest BCUT2D eigenvalue weighted by molar-refractivity contribution is 0.146. The Kier molecular flexibility index (Phi) is 4.88. The molecule has 1 aromatic carbocycles.